The highest BCUT2D eigenvalue weighted by Crippen LogP contribution is 2.77. The number of ether oxygens (including phenoxy) is 1. The number of aliphatic hydroxyl groups excluding tert-OH is 1. The summed E-state index contributed by atoms with van der Waals surface area (Å²) in [6, 6.07) is 9.10. The molecular weight excluding hydrogens is 725 g/mol. The SMILES string of the molecule is CC(C)C1=C2[C@@]([C@@H](O)CN(Cc3ccccc3)C(=O)C(=O)O)(CC[C@@]3(C)C4(C)CC[C@H]5C(C)(C)[C@@H](OC(=O)CC(C)(C)C(=O)O)CC[C@]5(C)[C@H]4CC[C@]23N)CC1=O. The molecule has 1 unspecified atom stereocenters. The molecule has 1 amide bonds. The van der Waals surface area contributed by atoms with Crippen molar-refractivity contribution in [1.82, 2.24) is 4.90 Å². The third kappa shape index (κ3) is 6.48. The highest BCUT2D eigenvalue weighted by molar-refractivity contribution is 6.31. The minimum Gasteiger partial charge on any atom is -0.481 e. The van der Waals surface area contributed by atoms with Gasteiger partial charge in [-0.3, -0.25) is 19.2 Å². The maximum absolute atomic E-state index is 14.3. The number of hydrogen-bond acceptors (Lipinski definition) is 8. The second-order valence-electron chi connectivity index (χ2n) is 20.8. The monoisotopic (exact) mass is 790 g/mol. The van der Waals surface area contributed by atoms with E-state index in [-0.39, 0.29) is 71.8 Å². The number of esters is 1. The first-order chi connectivity index (χ1) is 26.3. The van der Waals surface area contributed by atoms with Gasteiger partial charge in [0, 0.05) is 35.9 Å². The fourth-order valence-electron chi connectivity index (χ4n) is 13.6. The van der Waals surface area contributed by atoms with Gasteiger partial charge in [0.2, 0.25) is 0 Å². The second-order valence-corrected chi connectivity index (χ2v) is 20.8. The molecule has 0 radical (unpaired) electrons. The summed E-state index contributed by atoms with van der Waals surface area (Å²) in [5.41, 5.74) is 5.85. The van der Waals surface area contributed by atoms with Crippen molar-refractivity contribution in [1.29, 1.82) is 0 Å². The van der Waals surface area contributed by atoms with E-state index in [2.05, 4.69) is 34.6 Å². The van der Waals surface area contributed by atoms with Crippen molar-refractivity contribution >= 4 is 29.6 Å². The van der Waals surface area contributed by atoms with Gasteiger partial charge in [-0.1, -0.05) is 78.8 Å². The number of amides is 1. The minimum absolute atomic E-state index is 0.00482. The first kappa shape index (κ1) is 43.0. The van der Waals surface area contributed by atoms with E-state index in [0.29, 0.717) is 31.3 Å². The Bertz CT molecular complexity index is 1850. The number of aliphatic carboxylic acids is 2. The fraction of sp³-hybridized carbons (Fsp3) is 0.717. The van der Waals surface area contributed by atoms with Gasteiger partial charge in [-0.05, 0) is 116 Å². The summed E-state index contributed by atoms with van der Waals surface area (Å²) >= 11 is 0. The molecule has 0 spiro atoms. The van der Waals surface area contributed by atoms with Gasteiger partial charge >= 0.3 is 23.8 Å². The molecule has 0 saturated heterocycles. The van der Waals surface area contributed by atoms with Crippen molar-refractivity contribution in [3.63, 3.8) is 0 Å². The van der Waals surface area contributed by atoms with Crippen molar-refractivity contribution in [2.45, 2.75) is 151 Å². The highest BCUT2D eigenvalue weighted by Gasteiger charge is 2.74. The summed E-state index contributed by atoms with van der Waals surface area (Å²) in [5.74, 6) is -3.88. The van der Waals surface area contributed by atoms with Crippen LogP contribution in [0.15, 0.2) is 41.5 Å². The number of carbonyl (C=O) groups excluding carboxylic acids is 3. The zero-order valence-electron chi connectivity index (χ0n) is 35.6. The fourth-order valence-corrected chi connectivity index (χ4v) is 13.6. The Labute approximate surface area is 338 Å². The van der Waals surface area contributed by atoms with E-state index in [9.17, 15) is 39.3 Å². The van der Waals surface area contributed by atoms with Gasteiger partial charge in [-0.2, -0.15) is 0 Å². The van der Waals surface area contributed by atoms with Crippen LogP contribution in [0.25, 0.3) is 0 Å². The molecule has 0 aliphatic heterocycles. The Hall–Kier alpha value is -3.57. The van der Waals surface area contributed by atoms with Gasteiger partial charge in [0.15, 0.2) is 5.78 Å². The standard InChI is InChI=1S/C46H66N2O9/c1-27(2)35-29(49)23-45(32(50)26-48(37(52)38(53)54)25-28-13-11-10-12-14-28)22-21-44(9)43(8)19-15-30-41(5,6)33(57-34(51)24-40(3,4)39(55)56)17-18-42(30,7)31(43)16-20-46(44,47)36(35)45/h10-14,27,30-33,50H,15-26,47H2,1-9H3,(H,53,54)(H,55,56)/t30-,31+,32-,33-,42-,43?,44-,45-,46-/m0/s1. The summed E-state index contributed by atoms with van der Waals surface area (Å²) in [5, 5.41) is 31.9. The van der Waals surface area contributed by atoms with E-state index in [1.807, 2.05) is 44.2 Å². The maximum atomic E-state index is 14.3. The average molecular weight is 791 g/mol. The predicted octanol–water partition coefficient (Wildman–Crippen LogP) is 6.94. The number of allylic oxidation sites excluding steroid dienone is 1. The molecule has 314 valence electrons. The smallest absolute Gasteiger partial charge is 0.394 e. The first-order valence-electron chi connectivity index (χ1n) is 21.1. The number of benzene rings is 1. The molecule has 5 aliphatic carbocycles. The van der Waals surface area contributed by atoms with Crippen LogP contribution in [-0.2, 0) is 35.3 Å². The number of nitrogens with zero attached hydrogens (tertiary/aromatic N) is 1. The van der Waals surface area contributed by atoms with Crippen LogP contribution in [0.3, 0.4) is 0 Å². The van der Waals surface area contributed by atoms with E-state index >= 15 is 0 Å². The van der Waals surface area contributed by atoms with Crippen LogP contribution < -0.4 is 5.73 Å². The molecule has 4 saturated carbocycles. The van der Waals surface area contributed by atoms with E-state index in [1.165, 1.54) is 4.90 Å². The molecule has 9 atom stereocenters. The normalized spacial score (nSPS) is 36.4. The highest BCUT2D eigenvalue weighted by atomic mass is 16.5. The van der Waals surface area contributed by atoms with Crippen LogP contribution in [0, 0.1) is 50.2 Å². The van der Waals surface area contributed by atoms with E-state index in [4.69, 9.17) is 10.5 Å². The lowest BCUT2D eigenvalue weighted by molar-refractivity contribution is -0.239. The van der Waals surface area contributed by atoms with Crippen LogP contribution >= 0.6 is 0 Å². The van der Waals surface area contributed by atoms with Gasteiger partial charge in [-0.15, -0.1) is 0 Å². The van der Waals surface area contributed by atoms with Crippen LogP contribution in [-0.4, -0.2) is 74.1 Å². The van der Waals surface area contributed by atoms with E-state index in [0.717, 1.165) is 36.8 Å². The number of Topliss-reactive ketones (excluding diaryl/α,β-unsaturated/α-hetero) is 1. The minimum atomic E-state index is -1.60. The van der Waals surface area contributed by atoms with Gasteiger partial charge in [0.1, 0.15) is 6.10 Å². The number of fused-ring (bicyclic) bond motifs is 7. The Balaban J connectivity index is 1.33. The molecule has 5 N–H and O–H groups in total. The summed E-state index contributed by atoms with van der Waals surface area (Å²) in [6.45, 7) is 18.4. The zero-order chi connectivity index (χ0) is 42.3. The molecule has 57 heavy (non-hydrogen) atoms. The topological polar surface area (TPSA) is 185 Å². The largest absolute Gasteiger partial charge is 0.481 e. The number of hydrogen-bond donors (Lipinski definition) is 4. The van der Waals surface area contributed by atoms with Crippen molar-refractivity contribution in [2.24, 2.45) is 56.0 Å². The lowest BCUT2D eigenvalue weighted by Gasteiger charge is -2.74. The Morgan fingerprint density at radius 1 is 0.912 bits per heavy atom. The Morgan fingerprint density at radius 2 is 1.54 bits per heavy atom. The molecule has 1 aromatic rings. The zero-order valence-corrected chi connectivity index (χ0v) is 35.6. The molecule has 4 fully saturated rings. The van der Waals surface area contributed by atoms with Crippen LogP contribution in [0.2, 0.25) is 0 Å². The average Bonchev–Trinajstić information content (AvgIpc) is 3.44. The number of nitrogens with two attached hydrogens (primary N) is 1. The Morgan fingerprint density at radius 3 is 2.14 bits per heavy atom. The Kier molecular flexibility index (Phi) is 10.8. The van der Waals surface area contributed by atoms with Crippen molar-refractivity contribution in [3.8, 4) is 0 Å². The third-order valence-corrected chi connectivity index (χ3v) is 16.9. The molecular formula is C46H66N2O9. The molecule has 6 rings (SSSR count). The quantitative estimate of drug-likeness (QED) is 0.143. The van der Waals surface area contributed by atoms with Gasteiger partial charge in [0.25, 0.3) is 0 Å². The number of rotatable bonds is 10. The number of aliphatic hydroxyl groups is 1. The third-order valence-electron chi connectivity index (χ3n) is 16.9. The van der Waals surface area contributed by atoms with Crippen LogP contribution in [0.5, 0.6) is 0 Å². The number of carboxylic acids is 2. The van der Waals surface area contributed by atoms with Crippen molar-refractivity contribution in [3.05, 3.63) is 47.0 Å². The van der Waals surface area contributed by atoms with Crippen molar-refractivity contribution < 1.29 is 44.0 Å². The second kappa shape index (κ2) is 14.3. The van der Waals surface area contributed by atoms with Gasteiger partial charge in [0.05, 0.1) is 17.9 Å². The summed E-state index contributed by atoms with van der Waals surface area (Å²) in [6.07, 6.45) is 4.21. The van der Waals surface area contributed by atoms with Crippen molar-refractivity contribution in [2.75, 3.05) is 6.54 Å². The predicted molar refractivity (Wildman–Crippen MR) is 214 cm³/mol. The van der Waals surface area contributed by atoms with E-state index in [1.54, 1.807) is 13.8 Å². The number of carboxylic acid groups (broad SMARTS) is 2. The number of ketones is 1. The number of carbonyl (C=O) groups is 5. The summed E-state index contributed by atoms with van der Waals surface area (Å²) < 4.78 is 6.14. The molecule has 0 bridgehead atoms. The molecule has 0 heterocycles. The molecule has 11 heteroatoms. The lowest BCUT2D eigenvalue weighted by Crippen LogP contribution is -2.74. The van der Waals surface area contributed by atoms with Crippen LogP contribution in [0.4, 0.5) is 0 Å². The summed E-state index contributed by atoms with van der Waals surface area (Å²) in [4.78, 5) is 65.6. The van der Waals surface area contributed by atoms with Gasteiger partial charge in [-0.25, -0.2) is 4.79 Å². The molecule has 5 aliphatic rings. The first-order valence-corrected chi connectivity index (χ1v) is 21.1. The summed E-state index contributed by atoms with van der Waals surface area (Å²) in [7, 11) is 0. The van der Waals surface area contributed by atoms with E-state index < -0.39 is 51.7 Å². The molecule has 11 nitrogen and oxygen atoms in total. The maximum Gasteiger partial charge on any atom is 0.394 e. The van der Waals surface area contributed by atoms with Gasteiger partial charge < -0.3 is 30.7 Å². The molecule has 0 aromatic heterocycles. The molecule has 1 aromatic carbocycles. The van der Waals surface area contributed by atoms with Crippen LogP contribution in [0.1, 0.15) is 132 Å². The lowest BCUT2D eigenvalue weighted by atomic mass is 9.31.